The van der Waals surface area contributed by atoms with E-state index >= 15 is 0 Å². The van der Waals surface area contributed by atoms with E-state index in [1.807, 2.05) is 0 Å². The van der Waals surface area contributed by atoms with Gasteiger partial charge in [-0.3, -0.25) is 0 Å². The number of hydrogen-bond donors (Lipinski definition) is 0. The second-order valence-corrected chi connectivity index (χ2v) is 5.01. The van der Waals surface area contributed by atoms with Gasteiger partial charge in [0.15, 0.2) is 0 Å². The van der Waals surface area contributed by atoms with Crippen LogP contribution in [0.2, 0.25) is 0 Å². The van der Waals surface area contributed by atoms with Gasteiger partial charge < -0.3 is 4.90 Å². The SMILES string of the molecule is C=C1C=C(C(C)C)c2cc(C)ccc2N1CC. The van der Waals surface area contributed by atoms with Crippen molar-refractivity contribution in [2.24, 2.45) is 5.92 Å². The second-order valence-electron chi connectivity index (χ2n) is 5.01. The van der Waals surface area contributed by atoms with Crippen LogP contribution in [-0.2, 0) is 0 Å². The summed E-state index contributed by atoms with van der Waals surface area (Å²) in [5, 5.41) is 0. The van der Waals surface area contributed by atoms with Crippen molar-refractivity contribution in [1.82, 2.24) is 0 Å². The molecule has 0 unspecified atom stereocenters. The molecule has 0 aromatic heterocycles. The van der Waals surface area contributed by atoms with Crippen LogP contribution in [0, 0.1) is 12.8 Å². The fraction of sp³-hybridized carbons (Fsp3) is 0.375. The Bertz CT molecular complexity index is 480. The van der Waals surface area contributed by atoms with E-state index in [1.165, 1.54) is 22.4 Å². The molecule has 0 N–H and O–H groups in total. The van der Waals surface area contributed by atoms with Gasteiger partial charge in [0.05, 0.1) is 0 Å². The third-order valence-corrected chi connectivity index (χ3v) is 3.36. The van der Waals surface area contributed by atoms with Crippen LogP contribution in [0.4, 0.5) is 5.69 Å². The Labute approximate surface area is 104 Å². The third kappa shape index (κ3) is 2.02. The first kappa shape index (κ1) is 12.0. The summed E-state index contributed by atoms with van der Waals surface area (Å²) < 4.78 is 0. The van der Waals surface area contributed by atoms with Crippen molar-refractivity contribution < 1.29 is 0 Å². The molecule has 0 amide bonds. The highest BCUT2D eigenvalue weighted by molar-refractivity contribution is 5.85. The molecule has 0 aliphatic carbocycles. The van der Waals surface area contributed by atoms with E-state index in [4.69, 9.17) is 0 Å². The van der Waals surface area contributed by atoms with Gasteiger partial charge in [0, 0.05) is 23.5 Å². The molecule has 0 bridgehead atoms. The average Bonchev–Trinajstić information content (AvgIpc) is 2.28. The Morgan fingerprint density at radius 3 is 2.59 bits per heavy atom. The minimum absolute atomic E-state index is 0.534. The number of nitrogens with zero attached hydrogens (tertiary/aromatic N) is 1. The fourth-order valence-corrected chi connectivity index (χ4v) is 2.46. The van der Waals surface area contributed by atoms with E-state index < -0.39 is 0 Å². The lowest BCUT2D eigenvalue weighted by Gasteiger charge is -2.33. The van der Waals surface area contributed by atoms with Crippen LogP contribution in [0.15, 0.2) is 36.6 Å². The van der Waals surface area contributed by atoms with Crippen LogP contribution in [0.3, 0.4) is 0 Å². The van der Waals surface area contributed by atoms with Gasteiger partial charge in [-0.15, -0.1) is 0 Å². The third-order valence-electron chi connectivity index (χ3n) is 3.36. The number of likely N-dealkylation sites (N-methyl/N-ethyl adjacent to an activating group) is 1. The molecule has 1 aromatic rings. The molecule has 1 aliphatic rings. The number of rotatable bonds is 2. The Morgan fingerprint density at radius 1 is 1.29 bits per heavy atom. The highest BCUT2D eigenvalue weighted by atomic mass is 15.1. The summed E-state index contributed by atoms with van der Waals surface area (Å²) in [6.45, 7) is 13.9. The van der Waals surface area contributed by atoms with E-state index in [2.05, 4.69) is 63.4 Å². The zero-order chi connectivity index (χ0) is 12.6. The lowest BCUT2D eigenvalue weighted by Crippen LogP contribution is -2.25. The van der Waals surface area contributed by atoms with E-state index in [0.29, 0.717) is 5.92 Å². The topological polar surface area (TPSA) is 3.24 Å². The maximum atomic E-state index is 4.17. The zero-order valence-electron chi connectivity index (χ0n) is 11.2. The number of allylic oxidation sites excluding steroid dienone is 2. The molecule has 1 heterocycles. The van der Waals surface area contributed by atoms with Gasteiger partial charge in [-0.1, -0.05) is 32.1 Å². The Hall–Kier alpha value is -1.50. The van der Waals surface area contributed by atoms with Crippen molar-refractivity contribution in [1.29, 1.82) is 0 Å². The molecule has 1 heteroatoms. The van der Waals surface area contributed by atoms with Gasteiger partial charge in [0.1, 0.15) is 0 Å². The average molecular weight is 227 g/mol. The van der Waals surface area contributed by atoms with Gasteiger partial charge in [-0.25, -0.2) is 0 Å². The van der Waals surface area contributed by atoms with Crippen LogP contribution in [0.5, 0.6) is 0 Å². The largest absolute Gasteiger partial charge is 0.342 e. The van der Waals surface area contributed by atoms with E-state index in [0.717, 1.165) is 12.2 Å². The van der Waals surface area contributed by atoms with Crippen LogP contribution in [-0.4, -0.2) is 6.54 Å². The number of benzene rings is 1. The Balaban J connectivity index is 2.62. The molecule has 0 saturated heterocycles. The molecule has 17 heavy (non-hydrogen) atoms. The highest BCUT2D eigenvalue weighted by Gasteiger charge is 2.21. The number of anilines is 1. The van der Waals surface area contributed by atoms with Crippen molar-refractivity contribution in [2.75, 3.05) is 11.4 Å². The molecule has 90 valence electrons. The lowest BCUT2D eigenvalue weighted by atomic mass is 9.89. The molecule has 0 atom stereocenters. The van der Waals surface area contributed by atoms with Crippen LogP contribution < -0.4 is 4.90 Å². The predicted molar refractivity (Wildman–Crippen MR) is 76.2 cm³/mol. The quantitative estimate of drug-likeness (QED) is 0.724. The molecule has 0 radical (unpaired) electrons. The first-order valence-corrected chi connectivity index (χ1v) is 6.33. The molecule has 1 aromatic carbocycles. The molecule has 0 saturated carbocycles. The van der Waals surface area contributed by atoms with Gasteiger partial charge in [0.25, 0.3) is 0 Å². The summed E-state index contributed by atoms with van der Waals surface area (Å²) in [6, 6.07) is 6.68. The minimum Gasteiger partial charge on any atom is -0.342 e. The standard InChI is InChI=1S/C16H21N/c1-6-17-13(5)10-14(11(2)3)15-9-12(4)7-8-16(15)17/h7-11H,5-6H2,1-4H3. The van der Waals surface area contributed by atoms with Gasteiger partial charge >= 0.3 is 0 Å². The van der Waals surface area contributed by atoms with Crippen LogP contribution in [0.1, 0.15) is 31.9 Å². The van der Waals surface area contributed by atoms with Gasteiger partial charge in [-0.2, -0.15) is 0 Å². The molecular formula is C16H21N. The fourth-order valence-electron chi connectivity index (χ4n) is 2.46. The Kier molecular flexibility index (Phi) is 3.10. The molecule has 2 rings (SSSR count). The first-order valence-electron chi connectivity index (χ1n) is 6.33. The molecule has 0 spiro atoms. The van der Waals surface area contributed by atoms with Crippen molar-refractivity contribution >= 4 is 11.3 Å². The summed E-state index contributed by atoms with van der Waals surface area (Å²) in [5.41, 5.74) is 6.49. The first-order chi connectivity index (χ1) is 8.04. The summed E-state index contributed by atoms with van der Waals surface area (Å²) in [5.74, 6) is 0.534. The minimum atomic E-state index is 0.534. The lowest BCUT2D eigenvalue weighted by molar-refractivity contribution is 0.843. The van der Waals surface area contributed by atoms with Crippen molar-refractivity contribution in [3.05, 3.63) is 47.7 Å². The van der Waals surface area contributed by atoms with E-state index in [-0.39, 0.29) is 0 Å². The van der Waals surface area contributed by atoms with Crippen molar-refractivity contribution in [3.63, 3.8) is 0 Å². The maximum absolute atomic E-state index is 4.17. The maximum Gasteiger partial charge on any atom is 0.0487 e. The number of fused-ring (bicyclic) bond motifs is 1. The van der Waals surface area contributed by atoms with E-state index in [1.54, 1.807) is 0 Å². The van der Waals surface area contributed by atoms with Gasteiger partial charge in [-0.05, 0) is 43.5 Å². The molecule has 1 nitrogen and oxygen atoms in total. The summed E-state index contributed by atoms with van der Waals surface area (Å²) in [7, 11) is 0. The Morgan fingerprint density at radius 2 is 2.00 bits per heavy atom. The monoisotopic (exact) mass is 227 g/mol. The molecular weight excluding hydrogens is 206 g/mol. The number of hydrogen-bond acceptors (Lipinski definition) is 1. The smallest absolute Gasteiger partial charge is 0.0487 e. The van der Waals surface area contributed by atoms with Crippen LogP contribution in [0.25, 0.3) is 5.57 Å². The summed E-state index contributed by atoms with van der Waals surface area (Å²) >= 11 is 0. The van der Waals surface area contributed by atoms with Crippen molar-refractivity contribution in [3.8, 4) is 0 Å². The normalized spacial score (nSPS) is 15.0. The predicted octanol–water partition coefficient (Wildman–Crippen LogP) is 4.39. The molecule has 1 aliphatic heterocycles. The number of aryl methyl sites for hydroxylation is 1. The summed E-state index contributed by atoms with van der Waals surface area (Å²) in [4.78, 5) is 2.28. The molecule has 0 fully saturated rings. The van der Waals surface area contributed by atoms with Gasteiger partial charge in [0.2, 0.25) is 0 Å². The highest BCUT2D eigenvalue weighted by Crippen LogP contribution is 2.38. The van der Waals surface area contributed by atoms with Crippen molar-refractivity contribution in [2.45, 2.75) is 27.7 Å². The van der Waals surface area contributed by atoms with E-state index in [9.17, 15) is 0 Å². The zero-order valence-corrected chi connectivity index (χ0v) is 11.2. The van der Waals surface area contributed by atoms with Crippen LogP contribution >= 0.6 is 0 Å². The summed E-state index contributed by atoms with van der Waals surface area (Å²) in [6.07, 6.45) is 2.23. The second kappa shape index (κ2) is 4.40.